The number of rotatable bonds is 11. The van der Waals surface area contributed by atoms with Crippen LogP contribution in [0.15, 0.2) is 29.2 Å². The molecule has 1 amide bonds. The number of hydrogen-bond donors (Lipinski definition) is 3. The quantitative estimate of drug-likeness (QED) is 0.325. The number of nitrogen functional groups attached to an aromatic ring is 2. The summed E-state index contributed by atoms with van der Waals surface area (Å²) in [5, 5.41) is 2.68. The van der Waals surface area contributed by atoms with Gasteiger partial charge in [0.15, 0.2) is 22.5 Å². The molecule has 0 aliphatic carbocycles. The van der Waals surface area contributed by atoms with Gasteiger partial charge in [-0.15, -0.1) is 6.54 Å². The van der Waals surface area contributed by atoms with Gasteiger partial charge < -0.3 is 26.0 Å². The predicted molar refractivity (Wildman–Crippen MR) is 126 cm³/mol. The molecule has 2 aromatic rings. The Kier molecular flexibility index (Phi) is 8.79. The Hall–Kier alpha value is -2.47. The maximum Gasteiger partial charge on any atom is 0.273 e. The molecule has 5 N–H and O–H groups in total. The van der Waals surface area contributed by atoms with Crippen LogP contribution in [-0.2, 0) is 10.0 Å². The highest BCUT2D eigenvalue weighted by Gasteiger charge is 2.18. The van der Waals surface area contributed by atoms with Crippen molar-refractivity contribution in [2.24, 2.45) is 0 Å². The fourth-order valence-corrected chi connectivity index (χ4v) is 4.02. The molecule has 0 aliphatic heterocycles. The number of aromatic nitrogens is 2. The fourth-order valence-electron chi connectivity index (χ4n) is 2.90. The molecule has 10 nitrogen and oxygen atoms in total. The molecule has 0 saturated carbocycles. The van der Waals surface area contributed by atoms with Gasteiger partial charge in [0.2, 0.25) is 0 Å². The van der Waals surface area contributed by atoms with Gasteiger partial charge in [-0.25, -0.2) is 18.4 Å². The van der Waals surface area contributed by atoms with Crippen LogP contribution < -0.4 is 16.8 Å². The van der Waals surface area contributed by atoms with E-state index in [1.807, 2.05) is 21.0 Å². The second-order valence-corrected chi connectivity index (χ2v) is 10.2. The van der Waals surface area contributed by atoms with E-state index < -0.39 is 15.9 Å². The number of amides is 1. The minimum Gasteiger partial charge on any atom is -0.545 e. The SMILES string of the molecule is Cc1ccc(S(=O)(=O)[N-]CCCC[N+](C)(C)CCNC(=O)c2nc(Cl)c(N)nc2N)cc1. The number of halogens is 1. The lowest BCUT2D eigenvalue weighted by molar-refractivity contribution is -0.889. The Labute approximate surface area is 194 Å². The molecular weight excluding hydrogens is 454 g/mol. The molecule has 0 spiro atoms. The van der Waals surface area contributed by atoms with E-state index >= 15 is 0 Å². The first-order chi connectivity index (χ1) is 14.9. The van der Waals surface area contributed by atoms with Crippen LogP contribution in [0.2, 0.25) is 5.15 Å². The van der Waals surface area contributed by atoms with Gasteiger partial charge in [-0.2, -0.15) is 0 Å². The van der Waals surface area contributed by atoms with Gasteiger partial charge in [0.05, 0.1) is 33.7 Å². The maximum absolute atomic E-state index is 12.3. The van der Waals surface area contributed by atoms with Crippen LogP contribution in [0.3, 0.4) is 0 Å². The zero-order valence-corrected chi connectivity index (χ0v) is 20.1. The summed E-state index contributed by atoms with van der Waals surface area (Å²) in [7, 11) is 0.438. The molecule has 0 fully saturated rings. The van der Waals surface area contributed by atoms with Crippen molar-refractivity contribution in [2.45, 2.75) is 24.7 Å². The number of nitrogens with one attached hydrogen (secondary N) is 1. The summed E-state index contributed by atoms with van der Waals surface area (Å²) in [4.78, 5) is 20.2. The van der Waals surface area contributed by atoms with Crippen LogP contribution in [0.1, 0.15) is 28.9 Å². The summed E-state index contributed by atoms with van der Waals surface area (Å²) in [5.74, 6) is -0.587. The van der Waals surface area contributed by atoms with E-state index in [2.05, 4.69) is 20.0 Å². The number of nitrogens with zero attached hydrogens (tertiary/aromatic N) is 4. The van der Waals surface area contributed by atoms with Crippen molar-refractivity contribution in [2.75, 3.05) is 51.7 Å². The van der Waals surface area contributed by atoms with Crippen LogP contribution >= 0.6 is 11.6 Å². The number of nitrogens with two attached hydrogens (primary N) is 2. The predicted octanol–water partition coefficient (Wildman–Crippen LogP) is 1.95. The number of unbranched alkanes of at least 4 members (excludes halogenated alkanes) is 1. The Morgan fingerprint density at radius 3 is 2.41 bits per heavy atom. The minimum atomic E-state index is -3.62. The lowest BCUT2D eigenvalue weighted by Crippen LogP contribution is -2.46. The van der Waals surface area contributed by atoms with Crippen LogP contribution in [0, 0.1) is 6.92 Å². The molecule has 0 aliphatic rings. The summed E-state index contributed by atoms with van der Waals surface area (Å²) >= 11 is 5.81. The highest BCUT2D eigenvalue weighted by molar-refractivity contribution is 7.94. The number of anilines is 2. The molecule has 0 bridgehead atoms. The zero-order chi connectivity index (χ0) is 23.9. The average Bonchev–Trinajstić information content (AvgIpc) is 2.70. The third-order valence-electron chi connectivity index (χ3n) is 4.87. The molecule has 12 heteroatoms. The largest absolute Gasteiger partial charge is 0.545 e. The van der Waals surface area contributed by atoms with E-state index in [0.29, 0.717) is 24.0 Å². The number of hydrogen-bond acceptors (Lipinski definition) is 7. The number of carbonyl (C=O) groups excluding carboxylic acids is 1. The number of carbonyl (C=O) groups is 1. The number of benzene rings is 1. The molecule has 32 heavy (non-hydrogen) atoms. The Bertz CT molecular complexity index is 1040. The Morgan fingerprint density at radius 2 is 1.75 bits per heavy atom. The van der Waals surface area contributed by atoms with Crippen molar-refractivity contribution in [3.63, 3.8) is 0 Å². The number of quaternary nitrogens is 1. The van der Waals surface area contributed by atoms with Crippen molar-refractivity contribution in [3.8, 4) is 0 Å². The second-order valence-electron chi connectivity index (χ2n) is 8.12. The molecule has 0 radical (unpaired) electrons. The van der Waals surface area contributed by atoms with Crippen molar-refractivity contribution < 1.29 is 17.7 Å². The maximum atomic E-state index is 12.3. The van der Waals surface area contributed by atoms with Gasteiger partial charge in [0.1, 0.15) is 10.0 Å². The Balaban J connectivity index is 1.72. The zero-order valence-electron chi connectivity index (χ0n) is 18.5. The lowest BCUT2D eigenvalue weighted by Gasteiger charge is -2.30. The molecule has 0 unspecified atom stereocenters. The van der Waals surface area contributed by atoms with E-state index in [1.165, 1.54) is 0 Å². The molecule has 0 saturated heterocycles. The summed E-state index contributed by atoms with van der Waals surface area (Å²) < 4.78 is 29.0. The first-order valence-corrected chi connectivity index (χ1v) is 11.9. The standard InChI is InChI=1S/C20H30ClN7O3S/c1-14-6-8-15(9-7-14)32(30,31)25-10-4-5-12-28(2,3)13-11-24-20(29)16-18(22)27-19(23)17(21)26-16/h6-9H,4-5,10-13H2,1-3H3,(H5,22,23,24,27,29). The Morgan fingerprint density at radius 1 is 1.09 bits per heavy atom. The smallest absolute Gasteiger partial charge is 0.273 e. The van der Waals surface area contributed by atoms with E-state index in [0.717, 1.165) is 18.5 Å². The summed E-state index contributed by atoms with van der Waals surface area (Å²) in [6, 6.07) is 6.65. The van der Waals surface area contributed by atoms with Crippen molar-refractivity contribution in [3.05, 3.63) is 45.4 Å². The molecule has 1 aromatic carbocycles. The highest BCUT2D eigenvalue weighted by atomic mass is 35.5. The molecule has 2 rings (SSSR count). The monoisotopic (exact) mass is 483 g/mol. The van der Waals surface area contributed by atoms with E-state index in [1.54, 1.807) is 24.3 Å². The summed E-state index contributed by atoms with van der Waals surface area (Å²) in [6.07, 6.45) is 1.44. The third kappa shape index (κ3) is 7.59. The summed E-state index contributed by atoms with van der Waals surface area (Å²) in [6.45, 7) is 3.98. The van der Waals surface area contributed by atoms with Crippen LogP contribution in [0.4, 0.5) is 11.6 Å². The topological polar surface area (TPSA) is 155 Å². The van der Waals surface area contributed by atoms with Gasteiger partial charge in [-0.05, 0) is 25.5 Å². The second kappa shape index (κ2) is 10.9. The van der Waals surface area contributed by atoms with Gasteiger partial charge in [0, 0.05) is 4.90 Å². The third-order valence-corrected chi connectivity index (χ3v) is 6.54. The highest BCUT2D eigenvalue weighted by Crippen LogP contribution is 2.18. The minimum absolute atomic E-state index is 0.0306. The molecular formula is C20H30ClN7O3S. The number of sulfonamides is 1. The first-order valence-electron chi connectivity index (χ1n) is 10.1. The van der Waals surface area contributed by atoms with Crippen molar-refractivity contribution in [1.82, 2.24) is 15.3 Å². The van der Waals surface area contributed by atoms with Gasteiger partial charge >= 0.3 is 0 Å². The van der Waals surface area contributed by atoms with Crippen LogP contribution in [0.5, 0.6) is 0 Å². The van der Waals surface area contributed by atoms with Crippen LogP contribution in [-0.4, -0.2) is 69.1 Å². The normalized spacial score (nSPS) is 12.0. The molecule has 0 atom stereocenters. The van der Waals surface area contributed by atoms with E-state index in [4.69, 9.17) is 23.1 Å². The fraction of sp³-hybridized carbons (Fsp3) is 0.450. The van der Waals surface area contributed by atoms with E-state index in [-0.39, 0.29) is 33.9 Å². The first kappa shape index (κ1) is 25.8. The molecule has 176 valence electrons. The van der Waals surface area contributed by atoms with Gasteiger partial charge in [0.25, 0.3) is 5.91 Å². The van der Waals surface area contributed by atoms with Crippen molar-refractivity contribution >= 4 is 39.2 Å². The van der Waals surface area contributed by atoms with E-state index in [9.17, 15) is 13.2 Å². The molecule has 1 aromatic heterocycles. The molecule has 1 heterocycles. The van der Waals surface area contributed by atoms with Crippen molar-refractivity contribution in [1.29, 1.82) is 0 Å². The van der Waals surface area contributed by atoms with Gasteiger partial charge in [-0.1, -0.05) is 35.7 Å². The van der Waals surface area contributed by atoms with Crippen LogP contribution in [0.25, 0.3) is 4.72 Å². The average molecular weight is 484 g/mol. The number of likely N-dealkylation sites (N-methyl/N-ethyl adjacent to an activating group) is 1. The summed E-state index contributed by atoms with van der Waals surface area (Å²) in [5.41, 5.74) is 12.1. The lowest BCUT2D eigenvalue weighted by atomic mass is 10.2. The number of aryl methyl sites for hydroxylation is 1. The van der Waals surface area contributed by atoms with Gasteiger partial charge in [-0.3, -0.25) is 4.79 Å².